The van der Waals surface area contributed by atoms with Gasteiger partial charge in [0.2, 0.25) is 0 Å². The summed E-state index contributed by atoms with van der Waals surface area (Å²) in [4.78, 5) is 34.4. The largest absolute Gasteiger partial charge is 0.478 e. The first-order valence-corrected chi connectivity index (χ1v) is 7.28. The minimum atomic E-state index is -1.15. The molecule has 1 aromatic carbocycles. The highest BCUT2D eigenvalue weighted by molar-refractivity contribution is 6.04. The number of rotatable bonds is 6. The molecule has 1 rings (SSSR count). The molecule has 0 fully saturated rings. The van der Waals surface area contributed by atoms with E-state index >= 15 is 0 Å². The standard InChI is InChI=1S/C16H22N2O5/c1-16(2,3)23-15(22)18-10-6-9-17-13(19)11-7-4-5-8-12(11)14(20)21/h4-5,7-8H,6,9-10H2,1-3H3,(H,17,19)(H,18,22)(H,20,21). The van der Waals surface area contributed by atoms with Crippen LogP contribution in [0.15, 0.2) is 24.3 Å². The van der Waals surface area contributed by atoms with Crippen molar-refractivity contribution in [3.8, 4) is 0 Å². The lowest BCUT2D eigenvalue weighted by Crippen LogP contribution is -2.34. The molecule has 0 aliphatic rings. The molecule has 2 amide bonds. The van der Waals surface area contributed by atoms with Gasteiger partial charge in [-0.25, -0.2) is 9.59 Å². The van der Waals surface area contributed by atoms with E-state index in [1.165, 1.54) is 12.1 Å². The van der Waals surface area contributed by atoms with Crippen LogP contribution in [-0.2, 0) is 4.74 Å². The summed E-state index contributed by atoms with van der Waals surface area (Å²) < 4.78 is 5.07. The summed E-state index contributed by atoms with van der Waals surface area (Å²) in [5, 5.41) is 14.2. The lowest BCUT2D eigenvalue weighted by Gasteiger charge is -2.19. The average molecular weight is 322 g/mol. The van der Waals surface area contributed by atoms with Crippen LogP contribution in [0.25, 0.3) is 0 Å². The number of alkyl carbamates (subject to hydrolysis) is 1. The maximum Gasteiger partial charge on any atom is 0.407 e. The van der Waals surface area contributed by atoms with Gasteiger partial charge in [0.25, 0.3) is 5.91 Å². The zero-order valence-electron chi connectivity index (χ0n) is 13.5. The Kier molecular flexibility index (Phi) is 6.56. The third-order valence-corrected chi connectivity index (χ3v) is 2.71. The van der Waals surface area contributed by atoms with Gasteiger partial charge in [-0.2, -0.15) is 0 Å². The van der Waals surface area contributed by atoms with Crippen molar-refractivity contribution < 1.29 is 24.2 Å². The lowest BCUT2D eigenvalue weighted by molar-refractivity contribution is 0.0526. The van der Waals surface area contributed by atoms with Gasteiger partial charge in [-0.1, -0.05) is 12.1 Å². The number of carbonyl (C=O) groups is 3. The SMILES string of the molecule is CC(C)(C)OC(=O)NCCCNC(=O)c1ccccc1C(=O)O. The molecule has 0 heterocycles. The van der Waals surface area contributed by atoms with Crippen LogP contribution in [-0.4, -0.2) is 41.8 Å². The van der Waals surface area contributed by atoms with Crippen LogP contribution in [0.1, 0.15) is 47.9 Å². The van der Waals surface area contributed by atoms with Gasteiger partial charge in [-0.05, 0) is 39.3 Å². The van der Waals surface area contributed by atoms with Gasteiger partial charge in [-0.15, -0.1) is 0 Å². The molecular weight excluding hydrogens is 300 g/mol. The molecule has 0 saturated carbocycles. The van der Waals surface area contributed by atoms with Crippen LogP contribution >= 0.6 is 0 Å². The summed E-state index contributed by atoms with van der Waals surface area (Å²) >= 11 is 0. The highest BCUT2D eigenvalue weighted by atomic mass is 16.6. The van der Waals surface area contributed by atoms with Crippen molar-refractivity contribution in [1.29, 1.82) is 0 Å². The minimum absolute atomic E-state index is 0.0446. The van der Waals surface area contributed by atoms with E-state index in [4.69, 9.17) is 9.84 Å². The second-order valence-electron chi connectivity index (χ2n) is 5.89. The number of ether oxygens (including phenoxy) is 1. The molecule has 0 aliphatic carbocycles. The molecule has 3 N–H and O–H groups in total. The van der Waals surface area contributed by atoms with Crippen molar-refractivity contribution in [3.05, 3.63) is 35.4 Å². The molecule has 7 nitrogen and oxygen atoms in total. The number of hydrogen-bond acceptors (Lipinski definition) is 4. The molecule has 23 heavy (non-hydrogen) atoms. The molecule has 0 bridgehead atoms. The Morgan fingerprint density at radius 2 is 1.61 bits per heavy atom. The quantitative estimate of drug-likeness (QED) is 0.695. The third-order valence-electron chi connectivity index (χ3n) is 2.71. The van der Waals surface area contributed by atoms with Gasteiger partial charge >= 0.3 is 12.1 Å². The Bertz CT molecular complexity index is 578. The molecule has 0 saturated heterocycles. The highest BCUT2D eigenvalue weighted by Gasteiger charge is 2.16. The molecule has 0 radical (unpaired) electrons. The molecule has 0 aromatic heterocycles. The number of carboxylic acids is 1. The van der Waals surface area contributed by atoms with Crippen LogP contribution in [0.4, 0.5) is 4.79 Å². The number of aromatic carboxylic acids is 1. The number of nitrogens with one attached hydrogen (secondary N) is 2. The van der Waals surface area contributed by atoms with Gasteiger partial charge in [0.05, 0.1) is 11.1 Å². The van der Waals surface area contributed by atoms with Gasteiger partial charge in [0.1, 0.15) is 5.60 Å². The fourth-order valence-corrected chi connectivity index (χ4v) is 1.76. The summed E-state index contributed by atoms with van der Waals surface area (Å²) in [7, 11) is 0. The summed E-state index contributed by atoms with van der Waals surface area (Å²) in [5.74, 6) is -1.61. The predicted octanol–water partition coefficient (Wildman–Crippen LogP) is 2.03. The number of amides is 2. The van der Waals surface area contributed by atoms with Crippen molar-refractivity contribution in [2.24, 2.45) is 0 Å². The molecule has 0 unspecified atom stereocenters. The van der Waals surface area contributed by atoms with Crippen molar-refractivity contribution in [2.45, 2.75) is 32.8 Å². The van der Waals surface area contributed by atoms with Crippen molar-refractivity contribution >= 4 is 18.0 Å². The summed E-state index contributed by atoms with van der Waals surface area (Å²) in [6.07, 6.45) is -0.0136. The Hall–Kier alpha value is -2.57. The van der Waals surface area contributed by atoms with Gasteiger partial charge in [-0.3, -0.25) is 4.79 Å². The van der Waals surface area contributed by atoms with Crippen molar-refractivity contribution in [3.63, 3.8) is 0 Å². The molecule has 126 valence electrons. The van der Waals surface area contributed by atoms with Gasteiger partial charge in [0.15, 0.2) is 0 Å². The lowest BCUT2D eigenvalue weighted by atomic mass is 10.1. The normalized spacial score (nSPS) is 10.7. The van der Waals surface area contributed by atoms with E-state index in [-0.39, 0.29) is 11.1 Å². The minimum Gasteiger partial charge on any atom is -0.478 e. The molecule has 0 aliphatic heterocycles. The van der Waals surface area contributed by atoms with E-state index in [0.29, 0.717) is 19.5 Å². The van der Waals surface area contributed by atoms with Crippen LogP contribution < -0.4 is 10.6 Å². The summed E-state index contributed by atoms with van der Waals surface area (Å²) in [6.45, 7) is 5.96. The number of carbonyl (C=O) groups excluding carboxylic acids is 2. The predicted molar refractivity (Wildman–Crippen MR) is 84.6 cm³/mol. The Morgan fingerprint density at radius 3 is 2.17 bits per heavy atom. The first-order chi connectivity index (χ1) is 10.7. The monoisotopic (exact) mass is 322 g/mol. The fraction of sp³-hybridized carbons (Fsp3) is 0.438. The number of carboxylic acid groups (broad SMARTS) is 1. The summed E-state index contributed by atoms with van der Waals surface area (Å²) in [6, 6.07) is 6.00. The molecular formula is C16H22N2O5. The molecule has 1 aromatic rings. The van der Waals surface area contributed by atoms with Crippen molar-refractivity contribution in [1.82, 2.24) is 10.6 Å². The third kappa shape index (κ3) is 6.82. The number of hydrogen-bond donors (Lipinski definition) is 3. The van der Waals surface area contributed by atoms with E-state index in [9.17, 15) is 14.4 Å². The Balaban J connectivity index is 2.36. The van der Waals surface area contributed by atoms with E-state index in [2.05, 4.69) is 10.6 Å². The van der Waals surface area contributed by atoms with Crippen LogP contribution in [0.2, 0.25) is 0 Å². The smallest absolute Gasteiger partial charge is 0.407 e. The second kappa shape index (κ2) is 8.17. The zero-order chi connectivity index (χ0) is 17.5. The van der Waals surface area contributed by atoms with E-state index in [0.717, 1.165) is 0 Å². The topological polar surface area (TPSA) is 105 Å². The first kappa shape index (κ1) is 18.5. The first-order valence-electron chi connectivity index (χ1n) is 7.28. The summed E-state index contributed by atoms with van der Waals surface area (Å²) in [5.41, 5.74) is -0.490. The van der Waals surface area contributed by atoms with Gasteiger partial charge < -0.3 is 20.5 Å². The van der Waals surface area contributed by atoms with Crippen molar-refractivity contribution in [2.75, 3.05) is 13.1 Å². The molecule has 7 heteroatoms. The van der Waals surface area contributed by atoms with Crippen LogP contribution in [0.5, 0.6) is 0 Å². The van der Waals surface area contributed by atoms with E-state index in [1.807, 2.05) is 0 Å². The van der Waals surface area contributed by atoms with Gasteiger partial charge in [0, 0.05) is 13.1 Å². The van der Waals surface area contributed by atoms with Crippen LogP contribution in [0.3, 0.4) is 0 Å². The second-order valence-corrected chi connectivity index (χ2v) is 5.89. The number of benzene rings is 1. The maximum absolute atomic E-state index is 12.0. The zero-order valence-corrected chi connectivity index (χ0v) is 13.5. The fourth-order valence-electron chi connectivity index (χ4n) is 1.76. The molecule has 0 spiro atoms. The van der Waals surface area contributed by atoms with Crippen LogP contribution in [0, 0.1) is 0 Å². The highest BCUT2D eigenvalue weighted by Crippen LogP contribution is 2.08. The maximum atomic E-state index is 12.0. The average Bonchev–Trinajstić information content (AvgIpc) is 2.44. The van der Waals surface area contributed by atoms with E-state index < -0.39 is 23.6 Å². The Morgan fingerprint density at radius 1 is 1.04 bits per heavy atom. The van der Waals surface area contributed by atoms with E-state index in [1.54, 1.807) is 32.9 Å². The molecule has 0 atom stereocenters. The Labute approximate surface area is 135 Å².